The number of fused-ring (bicyclic) bond motifs is 1. The summed E-state index contributed by atoms with van der Waals surface area (Å²) in [6.07, 6.45) is 3.54. The van der Waals surface area contributed by atoms with Crippen molar-refractivity contribution in [1.82, 2.24) is 20.1 Å². The molecule has 6 heteroatoms. The molecule has 0 bridgehead atoms. The molecule has 1 aromatic carbocycles. The molecular weight excluding hydrogens is 254 g/mol. The molecule has 0 spiro atoms. The molecule has 0 aliphatic heterocycles. The highest BCUT2D eigenvalue weighted by molar-refractivity contribution is 6.07. The van der Waals surface area contributed by atoms with E-state index in [1.54, 1.807) is 16.9 Å². The summed E-state index contributed by atoms with van der Waals surface area (Å²) in [6, 6.07) is 7.31. The number of nitrogen functional groups attached to an aromatic ring is 1. The van der Waals surface area contributed by atoms with Gasteiger partial charge >= 0.3 is 0 Å². The Hall–Kier alpha value is -2.76. The van der Waals surface area contributed by atoms with Crippen LogP contribution in [0.25, 0.3) is 10.9 Å². The first-order chi connectivity index (χ1) is 9.63. The van der Waals surface area contributed by atoms with Gasteiger partial charge < -0.3 is 16.0 Å². The van der Waals surface area contributed by atoms with E-state index in [1.807, 2.05) is 31.4 Å². The van der Waals surface area contributed by atoms with Crippen LogP contribution >= 0.6 is 0 Å². The number of nitrogens with one attached hydrogen (secondary N) is 2. The third-order valence-corrected chi connectivity index (χ3v) is 3.15. The van der Waals surface area contributed by atoms with Gasteiger partial charge in [-0.1, -0.05) is 0 Å². The Kier molecular flexibility index (Phi) is 2.90. The Balaban J connectivity index is 1.78. The van der Waals surface area contributed by atoms with E-state index < -0.39 is 0 Å². The summed E-state index contributed by atoms with van der Waals surface area (Å²) in [5, 5.41) is 7.93. The number of carbonyl (C=O) groups excluding carboxylic acids is 1. The molecule has 2 aromatic heterocycles. The van der Waals surface area contributed by atoms with E-state index in [9.17, 15) is 4.79 Å². The fourth-order valence-corrected chi connectivity index (χ4v) is 2.16. The highest BCUT2D eigenvalue weighted by Crippen LogP contribution is 2.20. The van der Waals surface area contributed by atoms with Crippen LogP contribution in [0.2, 0.25) is 0 Å². The van der Waals surface area contributed by atoms with Gasteiger partial charge in [0.25, 0.3) is 5.91 Å². The lowest BCUT2D eigenvalue weighted by molar-refractivity contribution is 0.0952. The molecule has 0 unspecified atom stereocenters. The summed E-state index contributed by atoms with van der Waals surface area (Å²) in [6.45, 7) is 0.404. The Morgan fingerprint density at radius 2 is 2.30 bits per heavy atom. The molecule has 102 valence electrons. The van der Waals surface area contributed by atoms with E-state index in [2.05, 4.69) is 15.4 Å². The SMILES string of the molecule is Cn1ccc(CNC(=O)c2c[nH]c3cc(N)ccc23)n1. The van der Waals surface area contributed by atoms with Crippen LogP contribution in [0.5, 0.6) is 0 Å². The average Bonchev–Trinajstić information content (AvgIpc) is 3.01. The fraction of sp³-hybridized carbons (Fsp3) is 0.143. The van der Waals surface area contributed by atoms with Gasteiger partial charge in [0, 0.05) is 36.0 Å². The number of H-pyrrole nitrogens is 1. The van der Waals surface area contributed by atoms with Crippen molar-refractivity contribution in [2.45, 2.75) is 6.54 Å². The van der Waals surface area contributed by atoms with Gasteiger partial charge in [0.1, 0.15) is 0 Å². The summed E-state index contributed by atoms with van der Waals surface area (Å²) >= 11 is 0. The predicted octanol–water partition coefficient (Wildman–Crippen LogP) is 1.41. The molecule has 0 fully saturated rings. The van der Waals surface area contributed by atoms with Crippen molar-refractivity contribution in [3.05, 3.63) is 47.9 Å². The van der Waals surface area contributed by atoms with Crippen LogP contribution in [0.4, 0.5) is 5.69 Å². The number of aryl methyl sites for hydroxylation is 1. The van der Waals surface area contributed by atoms with Crippen molar-refractivity contribution >= 4 is 22.5 Å². The summed E-state index contributed by atoms with van der Waals surface area (Å²) in [7, 11) is 1.84. The first-order valence-corrected chi connectivity index (χ1v) is 6.27. The Morgan fingerprint density at radius 3 is 3.05 bits per heavy atom. The first kappa shape index (κ1) is 12.3. The van der Waals surface area contributed by atoms with E-state index in [0.717, 1.165) is 16.6 Å². The first-order valence-electron chi connectivity index (χ1n) is 6.27. The molecule has 0 aliphatic rings. The van der Waals surface area contributed by atoms with E-state index in [-0.39, 0.29) is 5.91 Å². The van der Waals surface area contributed by atoms with Crippen molar-refractivity contribution in [2.24, 2.45) is 7.05 Å². The van der Waals surface area contributed by atoms with Crippen LogP contribution in [-0.4, -0.2) is 20.7 Å². The van der Waals surface area contributed by atoms with E-state index >= 15 is 0 Å². The highest BCUT2D eigenvalue weighted by Gasteiger charge is 2.12. The van der Waals surface area contributed by atoms with Crippen LogP contribution in [0.3, 0.4) is 0 Å². The van der Waals surface area contributed by atoms with Gasteiger partial charge in [0.15, 0.2) is 0 Å². The Labute approximate surface area is 115 Å². The van der Waals surface area contributed by atoms with Gasteiger partial charge in [-0.05, 0) is 24.3 Å². The number of hydrogen-bond acceptors (Lipinski definition) is 3. The fourth-order valence-electron chi connectivity index (χ4n) is 2.16. The zero-order valence-corrected chi connectivity index (χ0v) is 11.1. The number of aromatic amines is 1. The summed E-state index contributed by atoms with van der Waals surface area (Å²) in [5.41, 5.74) is 8.67. The van der Waals surface area contributed by atoms with Gasteiger partial charge in [-0.25, -0.2) is 0 Å². The van der Waals surface area contributed by atoms with Gasteiger partial charge in [0.05, 0.1) is 17.8 Å². The minimum Gasteiger partial charge on any atom is -0.399 e. The zero-order valence-electron chi connectivity index (χ0n) is 11.1. The van der Waals surface area contributed by atoms with Crippen molar-refractivity contribution in [2.75, 3.05) is 5.73 Å². The summed E-state index contributed by atoms with van der Waals surface area (Å²) in [5.74, 6) is -0.133. The third-order valence-electron chi connectivity index (χ3n) is 3.15. The number of rotatable bonds is 3. The molecule has 3 rings (SSSR count). The zero-order chi connectivity index (χ0) is 14.1. The lowest BCUT2D eigenvalue weighted by atomic mass is 10.1. The number of aromatic nitrogens is 3. The van der Waals surface area contributed by atoms with Crippen LogP contribution in [0, 0.1) is 0 Å². The van der Waals surface area contributed by atoms with E-state index in [4.69, 9.17) is 5.73 Å². The Morgan fingerprint density at radius 1 is 1.45 bits per heavy atom. The van der Waals surface area contributed by atoms with E-state index in [0.29, 0.717) is 17.8 Å². The highest BCUT2D eigenvalue weighted by atomic mass is 16.1. The predicted molar refractivity (Wildman–Crippen MR) is 77.1 cm³/mol. The van der Waals surface area contributed by atoms with Crippen LogP contribution < -0.4 is 11.1 Å². The van der Waals surface area contributed by atoms with Crippen molar-refractivity contribution in [3.8, 4) is 0 Å². The largest absolute Gasteiger partial charge is 0.399 e. The monoisotopic (exact) mass is 269 g/mol. The minimum absolute atomic E-state index is 0.133. The molecule has 20 heavy (non-hydrogen) atoms. The average molecular weight is 269 g/mol. The van der Waals surface area contributed by atoms with Gasteiger partial charge in [-0.15, -0.1) is 0 Å². The van der Waals surface area contributed by atoms with Crippen molar-refractivity contribution < 1.29 is 4.79 Å². The Bertz CT molecular complexity index is 771. The minimum atomic E-state index is -0.133. The summed E-state index contributed by atoms with van der Waals surface area (Å²) < 4.78 is 1.70. The van der Waals surface area contributed by atoms with Crippen molar-refractivity contribution in [3.63, 3.8) is 0 Å². The standard InChI is InChI=1S/C14H15N5O/c1-19-5-4-10(18-19)7-17-14(20)12-8-16-13-6-9(15)2-3-11(12)13/h2-6,8,16H,7,15H2,1H3,(H,17,20). The second kappa shape index (κ2) is 4.73. The smallest absolute Gasteiger partial charge is 0.253 e. The van der Waals surface area contributed by atoms with Crippen molar-refractivity contribution in [1.29, 1.82) is 0 Å². The molecule has 6 nitrogen and oxygen atoms in total. The molecule has 0 atom stereocenters. The van der Waals surface area contributed by atoms with Gasteiger partial charge in [0.2, 0.25) is 0 Å². The molecule has 2 heterocycles. The topological polar surface area (TPSA) is 88.7 Å². The number of benzene rings is 1. The quantitative estimate of drug-likeness (QED) is 0.628. The molecular formula is C14H15N5O. The second-order valence-corrected chi connectivity index (χ2v) is 4.67. The molecule has 3 aromatic rings. The number of hydrogen-bond donors (Lipinski definition) is 3. The number of anilines is 1. The molecule has 0 aliphatic carbocycles. The molecule has 0 saturated heterocycles. The lowest BCUT2D eigenvalue weighted by Crippen LogP contribution is -2.22. The number of nitrogens with two attached hydrogens (primary N) is 1. The number of amides is 1. The third kappa shape index (κ3) is 2.23. The normalized spacial score (nSPS) is 10.8. The van der Waals surface area contributed by atoms with Gasteiger partial charge in [-0.2, -0.15) is 5.10 Å². The maximum atomic E-state index is 12.2. The molecule has 0 radical (unpaired) electrons. The van der Waals surface area contributed by atoms with Crippen LogP contribution in [0.1, 0.15) is 16.1 Å². The number of nitrogens with zero attached hydrogens (tertiary/aromatic N) is 2. The van der Waals surface area contributed by atoms with Crippen LogP contribution in [0.15, 0.2) is 36.7 Å². The maximum Gasteiger partial charge on any atom is 0.253 e. The van der Waals surface area contributed by atoms with Gasteiger partial charge in [-0.3, -0.25) is 9.48 Å². The lowest BCUT2D eigenvalue weighted by Gasteiger charge is -2.02. The molecule has 4 N–H and O–H groups in total. The second-order valence-electron chi connectivity index (χ2n) is 4.67. The molecule has 1 amide bonds. The summed E-state index contributed by atoms with van der Waals surface area (Å²) in [4.78, 5) is 15.2. The molecule has 0 saturated carbocycles. The maximum absolute atomic E-state index is 12.2. The van der Waals surface area contributed by atoms with Crippen LogP contribution in [-0.2, 0) is 13.6 Å². The number of carbonyl (C=O) groups is 1. The van der Waals surface area contributed by atoms with E-state index in [1.165, 1.54) is 0 Å².